The van der Waals surface area contributed by atoms with Crippen LogP contribution in [0.3, 0.4) is 0 Å². The number of hydrogen-bond donors (Lipinski definition) is 5. The van der Waals surface area contributed by atoms with Crippen molar-refractivity contribution in [1.29, 1.82) is 0 Å². The summed E-state index contributed by atoms with van der Waals surface area (Å²) >= 11 is 0. The number of nitrogens with one attached hydrogen (secondary N) is 2. The van der Waals surface area contributed by atoms with Crippen LogP contribution < -0.4 is 5.32 Å². The number of imidazole rings is 1. The Balaban J connectivity index is 0. The van der Waals surface area contributed by atoms with Crippen LogP contribution in [0.5, 0.6) is 5.75 Å². The summed E-state index contributed by atoms with van der Waals surface area (Å²) in [5.41, 5.74) is 2.98. The van der Waals surface area contributed by atoms with Crippen LogP contribution in [0.4, 0.5) is 5.69 Å². The summed E-state index contributed by atoms with van der Waals surface area (Å²) in [6.07, 6.45) is 4.56. The van der Waals surface area contributed by atoms with Crippen molar-refractivity contribution in [2.24, 2.45) is 0 Å². The Morgan fingerprint density at radius 2 is 1.59 bits per heavy atom. The van der Waals surface area contributed by atoms with E-state index >= 15 is 0 Å². The smallest absolute Gasteiger partial charge is 0.211 e. The molecule has 5 N–H and O–H groups in total. The number of benzene rings is 1. The second kappa shape index (κ2) is 19.5. The fourth-order valence-corrected chi connectivity index (χ4v) is 2.49. The zero-order valence-electron chi connectivity index (χ0n) is 23.5. The maximum atomic E-state index is 10.4. The number of aldehydes is 1. The van der Waals surface area contributed by atoms with E-state index in [1.165, 1.54) is 0 Å². The first-order valence-corrected chi connectivity index (χ1v) is 12.4. The van der Waals surface area contributed by atoms with Crippen LogP contribution in [0, 0.1) is 6.92 Å². The number of hydrogen-bond acceptors (Lipinski definition) is 6. The number of aromatic nitrogens is 3. The van der Waals surface area contributed by atoms with E-state index in [-0.39, 0.29) is 6.61 Å². The van der Waals surface area contributed by atoms with Crippen molar-refractivity contribution in [2.45, 2.75) is 67.9 Å². The predicted octanol–water partition coefficient (Wildman–Crippen LogP) is 5.73. The number of aryl methyl sites for hydroxylation is 1. The molecule has 0 atom stereocenters. The van der Waals surface area contributed by atoms with Gasteiger partial charge in [0.15, 0.2) is 6.29 Å². The minimum atomic E-state index is -0.903. The largest absolute Gasteiger partial charge is 0.508 e. The lowest BCUT2D eigenvalue weighted by Crippen LogP contribution is -2.23. The number of aromatic amines is 1. The van der Waals surface area contributed by atoms with Crippen molar-refractivity contribution in [3.8, 4) is 5.75 Å². The van der Waals surface area contributed by atoms with Crippen molar-refractivity contribution in [3.63, 3.8) is 0 Å². The van der Waals surface area contributed by atoms with Crippen molar-refractivity contribution >= 4 is 34.9 Å². The Morgan fingerprint density at radius 3 is 2.11 bits per heavy atom. The van der Waals surface area contributed by atoms with Gasteiger partial charge in [-0.3, -0.25) is 9.59 Å². The highest BCUT2D eigenvalue weighted by Gasteiger charge is 2.07. The number of phenolic OH excluding ortho intramolecular Hbond substituents is 1. The molecule has 37 heavy (non-hydrogen) atoms. The average Bonchev–Trinajstić information content (AvgIpc) is 3.49. The molecule has 3 aromatic heterocycles. The Kier molecular flexibility index (Phi) is 18.7. The second-order valence-corrected chi connectivity index (χ2v) is 7.42. The Bertz CT molecular complexity index is 1160. The van der Waals surface area contributed by atoms with Gasteiger partial charge in [-0.05, 0) is 57.2 Å². The summed E-state index contributed by atoms with van der Waals surface area (Å²) in [6.45, 7) is 16.9. The van der Waals surface area contributed by atoms with Gasteiger partial charge in [0.1, 0.15) is 17.1 Å². The molecule has 3 heterocycles. The summed E-state index contributed by atoms with van der Waals surface area (Å²) in [5, 5.41) is 29.4. The third-order valence-electron chi connectivity index (χ3n) is 3.94. The quantitative estimate of drug-likeness (QED) is 0.220. The van der Waals surface area contributed by atoms with Crippen LogP contribution in [0.25, 0.3) is 16.6 Å². The third kappa shape index (κ3) is 13.8. The highest BCUT2D eigenvalue weighted by Crippen LogP contribution is 2.19. The van der Waals surface area contributed by atoms with Gasteiger partial charge < -0.3 is 30.0 Å². The molecule has 0 bridgehead atoms. The van der Waals surface area contributed by atoms with Gasteiger partial charge in [0.05, 0.1) is 17.9 Å². The first-order valence-electron chi connectivity index (χ1n) is 12.4. The van der Waals surface area contributed by atoms with Crippen molar-refractivity contribution < 1.29 is 24.9 Å². The zero-order valence-corrected chi connectivity index (χ0v) is 23.5. The molecular weight excluding hydrogens is 472 g/mol. The zero-order chi connectivity index (χ0) is 29.0. The number of nitrogens with zero attached hydrogens (tertiary/aromatic N) is 2. The Hall–Kier alpha value is -3.69. The maximum absolute atomic E-state index is 10.4. The molecule has 0 unspecified atom stereocenters. The molecule has 9 nitrogen and oxygen atoms in total. The first-order chi connectivity index (χ1) is 17.6. The standard InChI is InChI=1S/C9H7N3O2.C9H9NO.C4H10O2.3C2H6/c13-5-8-4-12-3-7(10-6-14)1-2-9(12)11-8;1-6-4-7-5-8(11)2-3-9(7)10-6;1-4(2,6)3-5;3*1-2/h1-6H,(H,10,14);2-5,10-11H,1H3;5-6H,3H2,1-2H3;3*1-2H3. The van der Waals surface area contributed by atoms with Gasteiger partial charge in [-0.25, -0.2) is 4.98 Å². The Morgan fingerprint density at radius 1 is 1.00 bits per heavy atom. The molecule has 0 saturated carbocycles. The van der Waals surface area contributed by atoms with Crippen LogP contribution in [0.1, 0.15) is 71.6 Å². The van der Waals surface area contributed by atoms with Gasteiger partial charge in [0.2, 0.25) is 6.41 Å². The van der Waals surface area contributed by atoms with E-state index in [0.29, 0.717) is 35.5 Å². The van der Waals surface area contributed by atoms with Crippen LogP contribution in [-0.4, -0.2) is 54.6 Å². The number of aliphatic hydroxyl groups excluding tert-OH is 1. The molecule has 0 radical (unpaired) electrons. The van der Waals surface area contributed by atoms with Gasteiger partial charge in [0, 0.05) is 29.0 Å². The van der Waals surface area contributed by atoms with Crippen LogP contribution in [0.2, 0.25) is 0 Å². The van der Waals surface area contributed by atoms with Gasteiger partial charge in [-0.2, -0.15) is 0 Å². The number of rotatable bonds is 4. The highest BCUT2D eigenvalue weighted by molar-refractivity contribution is 5.81. The van der Waals surface area contributed by atoms with E-state index in [4.69, 9.17) is 15.3 Å². The molecule has 1 aromatic carbocycles. The van der Waals surface area contributed by atoms with Gasteiger partial charge in [-0.15, -0.1) is 0 Å². The van der Waals surface area contributed by atoms with E-state index in [1.54, 1.807) is 54.9 Å². The number of fused-ring (bicyclic) bond motifs is 2. The fourth-order valence-electron chi connectivity index (χ4n) is 2.49. The number of pyridine rings is 1. The molecule has 4 aromatic rings. The number of amides is 1. The molecule has 0 aliphatic heterocycles. The van der Waals surface area contributed by atoms with E-state index in [9.17, 15) is 9.59 Å². The van der Waals surface area contributed by atoms with Crippen molar-refractivity contribution in [3.05, 3.63) is 60.2 Å². The van der Waals surface area contributed by atoms with E-state index < -0.39 is 5.60 Å². The molecule has 206 valence electrons. The summed E-state index contributed by atoms with van der Waals surface area (Å²) in [4.78, 5) is 27.8. The maximum Gasteiger partial charge on any atom is 0.211 e. The fraction of sp³-hybridized carbons (Fsp3) is 0.393. The summed E-state index contributed by atoms with van der Waals surface area (Å²) in [7, 11) is 0. The summed E-state index contributed by atoms with van der Waals surface area (Å²) in [6, 6.07) is 10.7. The number of H-pyrrole nitrogens is 1. The minimum Gasteiger partial charge on any atom is -0.508 e. The molecule has 9 heteroatoms. The number of aromatic hydroxyl groups is 1. The third-order valence-corrected chi connectivity index (χ3v) is 3.94. The SMILES string of the molecule is CC.CC.CC.CC(C)(O)CO.Cc1cc2cc(O)ccc2[nH]1.O=CNc1ccc2nc(C=O)cn2c1. The number of aliphatic hydroxyl groups is 2. The summed E-state index contributed by atoms with van der Waals surface area (Å²) in [5.74, 6) is 0.316. The average molecular weight is 517 g/mol. The van der Waals surface area contributed by atoms with Crippen LogP contribution >= 0.6 is 0 Å². The lowest BCUT2D eigenvalue weighted by molar-refractivity contribution is -0.105. The first kappa shape index (κ1) is 35.5. The van der Waals surface area contributed by atoms with E-state index in [1.807, 2.05) is 60.6 Å². The minimum absolute atomic E-state index is 0.174. The molecule has 0 saturated heterocycles. The second-order valence-electron chi connectivity index (χ2n) is 7.42. The van der Waals surface area contributed by atoms with Gasteiger partial charge >= 0.3 is 0 Å². The monoisotopic (exact) mass is 516 g/mol. The van der Waals surface area contributed by atoms with Crippen LogP contribution in [0.15, 0.2) is 48.8 Å². The van der Waals surface area contributed by atoms with Gasteiger partial charge in [0.25, 0.3) is 0 Å². The van der Waals surface area contributed by atoms with E-state index in [0.717, 1.165) is 16.6 Å². The van der Waals surface area contributed by atoms with Crippen molar-refractivity contribution in [1.82, 2.24) is 14.4 Å². The van der Waals surface area contributed by atoms with E-state index in [2.05, 4.69) is 15.3 Å². The molecular formula is C28H44N4O5. The van der Waals surface area contributed by atoms with Crippen LogP contribution in [-0.2, 0) is 4.79 Å². The molecule has 0 spiro atoms. The molecule has 1 amide bonds. The highest BCUT2D eigenvalue weighted by atomic mass is 16.3. The van der Waals surface area contributed by atoms with Crippen molar-refractivity contribution in [2.75, 3.05) is 11.9 Å². The predicted molar refractivity (Wildman–Crippen MR) is 152 cm³/mol. The lowest BCUT2D eigenvalue weighted by atomic mass is 10.2. The lowest BCUT2D eigenvalue weighted by Gasteiger charge is -2.10. The molecule has 0 fully saturated rings. The molecule has 4 rings (SSSR count). The topological polar surface area (TPSA) is 140 Å². The Labute approximate surface area is 220 Å². The number of anilines is 1. The number of carbonyl (C=O) groups excluding carboxylic acids is 2. The molecule has 0 aliphatic rings. The molecule has 0 aliphatic carbocycles. The number of phenols is 1. The van der Waals surface area contributed by atoms with Gasteiger partial charge in [-0.1, -0.05) is 41.5 Å². The normalized spacial score (nSPS) is 9.38. The number of carbonyl (C=O) groups is 2. The summed E-state index contributed by atoms with van der Waals surface area (Å²) < 4.78 is 1.68.